The second-order valence-corrected chi connectivity index (χ2v) is 6.49. The minimum atomic E-state index is -4.14. The zero-order chi connectivity index (χ0) is 15.3. The highest BCUT2D eigenvalue weighted by Crippen LogP contribution is 2.33. The molecule has 1 aromatic carbocycles. The molecule has 0 spiro atoms. The lowest BCUT2D eigenvalue weighted by molar-refractivity contribution is -0.105. The van der Waals surface area contributed by atoms with Gasteiger partial charge in [0.2, 0.25) is 0 Å². The average Bonchev–Trinajstić information content (AvgIpc) is 2.62. The average molecular weight is 318 g/mol. The van der Waals surface area contributed by atoms with Crippen molar-refractivity contribution in [2.24, 2.45) is 0 Å². The molecule has 2 rings (SSSR count). The van der Waals surface area contributed by atoms with Gasteiger partial charge in [-0.25, -0.2) is 0 Å². The van der Waals surface area contributed by atoms with Gasteiger partial charge in [-0.3, -0.25) is 0 Å². The first-order valence-electron chi connectivity index (χ1n) is 7.18. The lowest BCUT2D eigenvalue weighted by atomic mass is 10.1. The van der Waals surface area contributed by atoms with Crippen LogP contribution in [-0.4, -0.2) is 43.0 Å². The van der Waals surface area contributed by atoms with E-state index >= 15 is 0 Å². The van der Waals surface area contributed by atoms with Crippen LogP contribution in [0.4, 0.5) is 18.9 Å². The van der Waals surface area contributed by atoms with Crippen LogP contribution in [0.5, 0.6) is 0 Å². The zero-order valence-corrected chi connectivity index (χ0v) is 12.9. The van der Waals surface area contributed by atoms with Crippen molar-refractivity contribution in [1.29, 1.82) is 0 Å². The van der Waals surface area contributed by atoms with Crippen LogP contribution in [0, 0.1) is 0 Å². The van der Waals surface area contributed by atoms with Crippen LogP contribution in [0.2, 0.25) is 0 Å². The second-order valence-electron chi connectivity index (χ2n) is 5.48. The summed E-state index contributed by atoms with van der Waals surface area (Å²) in [5.41, 5.74) is 0.821. The maximum Gasteiger partial charge on any atom is 0.398 e. The molecule has 1 atom stereocenters. The number of alkyl halides is 3. The molecule has 0 saturated carbocycles. The number of benzene rings is 1. The van der Waals surface area contributed by atoms with Gasteiger partial charge in [0.1, 0.15) is 0 Å². The molecule has 1 aliphatic heterocycles. The van der Waals surface area contributed by atoms with Crippen molar-refractivity contribution in [2.45, 2.75) is 36.4 Å². The molecule has 0 aliphatic carbocycles. The van der Waals surface area contributed by atoms with Crippen LogP contribution >= 0.6 is 11.8 Å². The Bertz CT molecular complexity index is 451. The first kappa shape index (κ1) is 16.5. The molecule has 0 bridgehead atoms. The minimum Gasteiger partial charge on any atom is -0.381 e. The summed E-state index contributed by atoms with van der Waals surface area (Å²) in [5, 5.41) is 3.43. The SMILES string of the molecule is CN1CCCC(Nc2ccccc2SCC(F)(F)F)CC1. The summed E-state index contributed by atoms with van der Waals surface area (Å²) in [7, 11) is 2.11. The Morgan fingerprint density at radius 3 is 2.76 bits per heavy atom. The van der Waals surface area contributed by atoms with Crippen molar-refractivity contribution in [1.82, 2.24) is 4.90 Å². The molecule has 6 heteroatoms. The van der Waals surface area contributed by atoms with Gasteiger partial charge >= 0.3 is 6.18 Å². The van der Waals surface area contributed by atoms with Gasteiger partial charge in [-0.1, -0.05) is 12.1 Å². The minimum absolute atomic E-state index is 0.336. The van der Waals surface area contributed by atoms with Crippen LogP contribution in [0.1, 0.15) is 19.3 Å². The molecular formula is C15H21F3N2S. The Labute approximate surface area is 128 Å². The van der Waals surface area contributed by atoms with Crippen LogP contribution in [-0.2, 0) is 0 Å². The molecule has 1 aliphatic rings. The first-order chi connectivity index (χ1) is 9.94. The smallest absolute Gasteiger partial charge is 0.381 e. The molecule has 2 nitrogen and oxygen atoms in total. The summed E-state index contributed by atoms with van der Waals surface area (Å²) in [6, 6.07) is 7.60. The number of hydrogen-bond donors (Lipinski definition) is 1. The van der Waals surface area contributed by atoms with Gasteiger partial charge in [0, 0.05) is 16.6 Å². The molecule has 0 radical (unpaired) electrons. The highest BCUT2D eigenvalue weighted by atomic mass is 32.2. The van der Waals surface area contributed by atoms with Crippen molar-refractivity contribution in [3.8, 4) is 0 Å². The standard InChI is InChI=1S/C15H21F3N2S/c1-20-9-4-5-12(8-10-20)19-13-6-2-3-7-14(13)21-11-15(16,17)18/h2-3,6-7,12,19H,4-5,8-11H2,1H3. The Kier molecular flexibility index (Phi) is 5.81. The summed E-state index contributed by atoms with van der Waals surface area (Å²) in [5.74, 6) is -0.848. The third kappa shape index (κ3) is 5.79. The third-order valence-electron chi connectivity index (χ3n) is 3.59. The molecule has 0 amide bonds. The third-order valence-corrected chi connectivity index (χ3v) is 4.73. The fourth-order valence-electron chi connectivity index (χ4n) is 2.48. The maximum absolute atomic E-state index is 12.4. The number of halogens is 3. The lowest BCUT2D eigenvalue weighted by Gasteiger charge is -2.20. The van der Waals surface area contributed by atoms with Crippen LogP contribution < -0.4 is 5.32 Å². The molecule has 21 heavy (non-hydrogen) atoms. The molecule has 118 valence electrons. The number of hydrogen-bond acceptors (Lipinski definition) is 3. The van der Waals surface area contributed by atoms with E-state index in [1.165, 1.54) is 0 Å². The molecule has 1 heterocycles. The van der Waals surface area contributed by atoms with E-state index in [1.807, 2.05) is 12.1 Å². The summed E-state index contributed by atoms with van der Waals surface area (Å²) in [6.07, 6.45) is -0.938. The van der Waals surface area contributed by atoms with Gasteiger partial charge in [0.15, 0.2) is 0 Å². The van der Waals surface area contributed by atoms with Crippen molar-refractivity contribution < 1.29 is 13.2 Å². The van der Waals surface area contributed by atoms with Crippen LogP contribution in [0.25, 0.3) is 0 Å². The summed E-state index contributed by atoms with van der Waals surface area (Å²) in [4.78, 5) is 2.97. The van der Waals surface area contributed by atoms with Gasteiger partial charge in [0.25, 0.3) is 0 Å². The molecule has 1 N–H and O–H groups in total. The fraction of sp³-hybridized carbons (Fsp3) is 0.600. The van der Waals surface area contributed by atoms with Gasteiger partial charge in [-0.05, 0) is 51.5 Å². The van der Waals surface area contributed by atoms with Crippen LogP contribution in [0.3, 0.4) is 0 Å². The maximum atomic E-state index is 12.4. The van der Waals surface area contributed by atoms with Gasteiger partial charge in [0.05, 0.1) is 5.75 Å². The molecule has 1 aromatic rings. The Balaban J connectivity index is 1.99. The van der Waals surface area contributed by atoms with E-state index < -0.39 is 11.9 Å². The molecule has 1 unspecified atom stereocenters. The number of likely N-dealkylation sites (tertiary alicyclic amines) is 1. The Morgan fingerprint density at radius 2 is 2.00 bits per heavy atom. The number of thioether (sulfide) groups is 1. The van der Waals surface area contributed by atoms with Gasteiger partial charge in [-0.2, -0.15) is 13.2 Å². The van der Waals surface area contributed by atoms with Gasteiger partial charge < -0.3 is 10.2 Å². The Morgan fingerprint density at radius 1 is 1.24 bits per heavy atom. The van der Waals surface area contributed by atoms with E-state index in [-0.39, 0.29) is 0 Å². The fourth-order valence-corrected chi connectivity index (χ4v) is 3.25. The number of rotatable bonds is 4. The largest absolute Gasteiger partial charge is 0.398 e. The van der Waals surface area contributed by atoms with Crippen LogP contribution in [0.15, 0.2) is 29.2 Å². The van der Waals surface area contributed by atoms with E-state index in [1.54, 1.807) is 12.1 Å². The quantitative estimate of drug-likeness (QED) is 0.836. The molecule has 1 fully saturated rings. The van der Waals surface area contributed by atoms with Crippen molar-refractivity contribution >= 4 is 17.4 Å². The molecule has 0 aromatic heterocycles. The number of para-hydroxylation sites is 1. The lowest BCUT2D eigenvalue weighted by Crippen LogP contribution is -2.23. The molecule has 1 saturated heterocycles. The highest BCUT2D eigenvalue weighted by Gasteiger charge is 2.27. The monoisotopic (exact) mass is 318 g/mol. The first-order valence-corrected chi connectivity index (χ1v) is 8.16. The van der Waals surface area contributed by atoms with Crippen molar-refractivity contribution in [3.05, 3.63) is 24.3 Å². The van der Waals surface area contributed by atoms with E-state index in [0.717, 1.165) is 49.8 Å². The summed E-state index contributed by atoms with van der Waals surface area (Å²) < 4.78 is 37.1. The number of nitrogens with one attached hydrogen (secondary N) is 1. The van der Waals surface area contributed by atoms with Crippen molar-refractivity contribution in [3.63, 3.8) is 0 Å². The zero-order valence-electron chi connectivity index (χ0n) is 12.1. The van der Waals surface area contributed by atoms with E-state index in [9.17, 15) is 13.2 Å². The topological polar surface area (TPSA) is 15.3 Å². The second kappa shape index (κ2) is 7.40. The predicted octanol–water partition coefficient (Wildman–Crippen LogP) is 4.24. The molecular weight excluding hydrogens is 297 g/mol. The van der Waals surface area contributed by atoms with E-state index in [2.05, 4.69) is 17.3 Å². The Hall–Kier alpha value is -0.880. The number of nitrogens with zero attached hydrogens (tertiary/aromatic N) is 1. The van der Waals surface area contributed by atoms with Crippen molar-refractivity contribution in [2.75, 3.05) is 31.2 Å². The normalized spacial score (nSPS) is 21.0. The summed E-state index contributed by atoms with van der Waals surface area (Å²) in [6.45, 7) is 2.11. The van der Waals surface area contributed by atoms with E-state index in [0.29, 0.717) is 10.9 Å². The predicted molar refractivity (Wildman–Crippen MR) is 82.0 cm³/mol. The highest BCUT2D eigenvalue weighted by molar-refractivity contribution is 7.99. The number of anilines is 1. The summed E-state index contributed by atoms with van der Waals surface area (Å²) >= 11 is 0.850. The van der Waals surface area contributed by atoms with Gasteiger partial charge in [-0.15, -0.1) is 11.8 Å². The van der Waals surface area contributed by atoms with E-state index in [4.69, 9.17) is 0 Å².